The summed E-state index contributed by atoms with van der Waals surface area (Å²) in [4.78, 5) is 11.0. The Hall–Kier alpha value is -2.39. The second kappa shape index (κ2) is 5.72. The van der Waals surface area contributed by atoms with Gasteiger partial charge in [-0.2, -0.15) is 0 Å². The van der Waals surface area contributed by atoms with E-state index in [1.807, 2.05) is 65.4 Å². The van der Waals surface area contributed by atoms with Crippen LogP contribution in [0.4, 0.5) is 0 Å². The summed E-state index contributed by atoms with van der Waals surface area (Å²) in [6, 6.07) is 17.7. The first-order valence-corrected chi connectivity index (χ1v) is 6.53. The fourth-order valence-electron chi connectivity index (χ4n) is 2.30. The van der Waals surface area contributed by atoms with E-state index in [1.54, 1.807) is 0 Å². The number of carbonyl (C=O) groups is 1. The van der Waals surface area contributed by atoms with Crippen LogP contribution in [0.2, 0.25) is 0 Å². The molecule has 0 atom stereocenters. The van der Waals surface area contributed by atoms with Crippen molar-refractivity contribution in [2.75, 3.05) is 0 Å². The molecule has 2 aromatic carbocycles. The Bertz CT molecular complexity index is 716. The highest BCUT2D eigenvalue weighted by molar-refractivity contribution is 5.97. The summed E-state index contributed by atoms with van der Waals surface area (Å²) in [5.41, 5.74) is 2.88. The predicted octanol–water partition coefficient (Wildman–Crippen LogP) is 3.63. The van der Waals surface area contributed by atoms with Crippen molar-refractivity contribution in [1.82, 2.24) is 4.57 Å². The normalized spacial score (nSPS) is 10.8. The largest absolute Gasteiger partial charge is 0.356 e. The van der Waals surface area contributed by atoms with E-state index in [9.17, 15) is 4.79 Å². The van der Waals surface area contributed by atoms with Crippen LogP contribution in [-0.2, 0) is 18.1 Å². The molecule has 0 unspecified atom stereocenters. The zero-order chi connectivity index (χ0) is 13.8. The van der Waals surface area contributed by atoms with Crippen molar-refractivity contribution in [1.29, 1.82) is 0 Å². The zero-order valence-electron chi connectivity index (χ0n) is 11.0. The zero-order valence-corrected chi connectivity index (χ0v) is 11.0. The minimum Gasteiger partial charge on any atom is -0.356 e. The molecule has 0 N–H and O–H groups in total. The van der Waals surface area contributed by atoms with Crippen molar-refractivity contribution in [2.45, 2.75) is 13.3 Å². The lowest BCUT2D eigenvalue weighted by Gasteiger charge is -2.07. The molecule has 0 aliphatic carbocycles. The van der Waals surface area contributed by atoms with Crippen molar-refractivity contribution < 1.29 is 9.53 Å². The maximum atomic E-state index is 11.0. The van der Waals surface area contributed by atoms with Gasteiger partial charge in [0.2, 0.25) is 0 Å². The molecule has 3 rings (SSSR count). The van der Waals surface area contributed by atoms with Crippen molar-refractivity contribution in [3.8, 4) is 0 Å². The maximum Gasteiger partial charge on any atom is 0.150 e. The molecule has 1 aromatic heterocycles. The number of carbonyl (C=O) groups excluding carboxylic acids is 1. The van der Waals surface area contributed by atoms with E-state index in [1.165, 1.54) is 0 Å². The van der Waals surface area contributed by atoms with E-state index >= 15 is 0 Å². The van der Waals surface area contributed by atoms with E-state index in [0.29, 0.717) is 18.9 Å². The summed E-state index contributed by atoms with van der Waals surface area (Å²) in [5, 5.41) is 0.964. The monoisotopic (exact) mass is 265 g/mol. The molecule has 3 heteroatoms. The SMILES string of the molecule is O=Cc1cccc2c1ccn2COCc1ccccc1. The lowest BCUT2D eigenvalue weighted by atomic mass is 10.1. The number of aromatic nitrogens is 1. The van der Waals surface area contributed by atoms with Gasteiger partial charge in [-0.1, -0.05) is 42.5 Å². The first-order valence-electron chi connectivity index (χ1n) is 6.53. The predicted molar refractivity (Wildman–Crippen MR) is 78.6 cm³/mol. The van der Waals surface area contributed by atoms with Crippen molar-refractivity contribution in [3.05, 3.63) is 71.9 Å². The number of rotatable bonds is 5. The summed E-state index contributed by atoms with van der Waals surface area (Å²) in [7, 11) is 0. The topological polar surface area (TPSA) is 31.2 Å². The molecule has 0 amide bonds. The second-order valence-electron chi connectivity index (χ2n) is 4.65. The van der Waals surface area contributed by atoms with Crippen LogP contribution in [-0.4, -0.2) is 10.9 Å². The third-order valence-corrected chi connectivity index (χ3v) is 3.32. The van der Waals surface area contributed by atoms with E-state index in [0.717, 1.165) is 22.8 Å². The number of ether oxygens (including phenoxy) is 1. The summed E-state index contributed by atoms with van der Waals surface area (Å²) >= 11 is 0. The number of hydrogen-bond donors (Lipinski definition) is 0. The quantitative estimate of drug-likeness (QED) is 0.660. The molecule has 20 heavy (non-hydrogen) atoms. The minimum atomic E-state index is 0.473. The third-order valence-electron chi connectivity index (χ3n) is 3.32. The molecular weight excluding hydrogens is 250 g/mol. The molecular formula is C17H15NO2. The lowest BCUT2D eigenvalue weighted by Crippen LogP contribution is -2.01. The molecule has 100 valence electrons. The van der Waals surface area contributed by atoms with Gasteiger partial charge >= 0.3 is 0 Å². The minimum absolute atomic E-state index is 0.473. The molecule has 0 fully saturated rings. The van der Waals surface area contributed by atoms with Crippen LogP contribution in [0.15, 0.2) is 60.8 Å². The number of nitrogens with zero attached hydrogens (tertiary/aromatic N) is 1. The summed E-state index contributed by atoms with van der Waals surface area (Å²) in [6.07, 6.45) is 2.83. The highest BCUT2D eigenvalue weighted by atomic mass is 16.5. The Morgan fingerprint density at radius 3 is 2.65 bits per heavy atom. The van der Waals surface area contributed by atoms with Gasteiger partial charge in [-0.25, -0.2) is 0 Å². The number of hydrogen-bond acceptors (Lipinski definition) is 2. The highest BCUT2D eigenvalue weighted by Crippen LogP contribution is 2.19. The van der Waals surface area contributed by atoms with Crippen molar-refractivity contribution in [2.24, 2.45) is 0 Å². The Morgan fingerprint density at radius 2 is 1.85 bits per heavy atom. The molecule has 3 nitrogen and oxygen atoms in total. The molecule has 0 radical (unpaired) electrons. The van der Waals surface area contributed by atoms with Crippen molar-refractivity contribution in [3.63, 3.8) is 0 Å². The molecule has 0 aliphatic heterocycles. The fraction of sp³-hybridized carbons (Fsp3) is 0.118. The fourth-order valence-corrected chi connectivity index (χ4v) is 2.30. The van der Waals surface area contributed by atoms with Gasteiger partial charge in [0, 0.05) is 17.1 Å². The molecule has 0 saturated heterocycles. The van der Waals surface area contributed by atoms with Crippen LogP contribution in [0.1, 0.15) is 15.9 Å². The average Bonchev–Trinajstić information content (AvgIpc) is 2.92. The molecule has 0 saturated carbocycles. The van der Waals surface area contributed by atoms with Crippen LogP contribution in [0.25, 0.3) is 10.9 Å². The molecule has 0 spiro atoms. The first kappa shape index (κ1) is 12.6. The van der Waals surface area contributed by atoms with Gasteiger partial charge in [0.05, 0.1) is 12.1 Å². The average molecular weight is 265 g/mol. The van der Waals surface area contributed by atoms with Crippen LogP contribution < -0.4 is 0 Å². The second-order valence-corrected chi connectivity index (χ2v) is 4.65. The van der Waals surface area contributed by atoms with Gasteiger partial charge < -0.3 is 9.30 Å². The van der Waals surface area contributed by atoms with Gasteiger partial charge in [0.1, 0.15) is 6.73 Å². The van der Waals surface area contributed by atoms with E-state index in [4.69, 9.17) is 4.74 Å². The van der Waals surface area contributed by atoms with E-state index in [2.05, 4.69) is 0 Å². The van der Waals surface area contributed by atoms with Crippen LogP contribution in [0.3, 0.4) is 0 Å². The highest BCUT2D eigenvalue weighted by Gasteiger charge is 2.04. The summed E-state index contributed by atoms with van der Waals surface area (Å²) < 4.78 is 7.73. The van der Waals surface area contributed by atoms with Crippen LogP contribution >= 0.6 is 0 Å². The Labute approximate surface area is 117 Å². The summed E-state index contributed by atoms with van der Waals surface area (Å²) in [5.74, 6) is 0. The number of aldehydes is 1. The smallest absolute Gasteiger partial charge is 0.150 e. The molecule has 1 heterocycles. The first-order chi connectivity index (χ1) is 9.88. The standard InChI is InChI=1S/C17H15NO2/c19-11-15-7-4-8-17-16(15)9-10-18(17)13-20-12-14-5-2-1-3-6-14/h1-11H,12-13H2. The summed E-state index contributed by atoms with van der Waals surface area (Å²) in [6.45, 7) is 1.05. The van der Waals surface area contributed by atoms with Crippen molar-refractivity contribution >= 4 is 17.2 Å². The Kier molecular flexibility index (Phi) is 3.61. The van der Waals surface area contributed by atoms with Gasteiger partial charge in [0.15, 0.2) is 6.29 Å². The Balaban J connectivity index is 1.74. The molecule has 3 aromatic rings. The van der Waals surface area contributed by atoms with E-state index in [-0.39, 0.29) is 0 Å². The van der Waals surface area contributed by atoms with Gasteiger partial charge in [-0.05, 0) is 17.7 Å². The lowest BCUT2D eigenvalue weighted by molar-refractivity contribution is 0.0668. The van der Waals surface area contributed by atoms with Gasteiger partial charge in [-0.15, -0.1) is 0 Å². The number of benzene rings is 2. The third kappa shape index (κ3) is 2.49. The Morgan fingerprint density at radius 1 is 1.00 bits per heavy atom. The van der Waals surface area contributed by atoms with E-state index < -0.39 is 0 Å². The van der Waals surface area contributed by atoms with Gasteiger partial charge in [0.25, 0.3) is 0 Å². The number of fused-ring (bicyclic) bond motifs is 1. The molecule has 0 aliphatic rings. The molecule has 0 bridgehead atoms. The maximum absolute atomic E-state index is 11.0. The van der Waals surface area contributed by atoms with Crippen LogP contribution in [0, 0.1) is 0 Å². The van der Waals surface area contributed by atoms with Crippen LogP contribution in [0.5, 0.6) is 0 Å². The van der Waals surface area contributed by atoms with Gasteiger partial charge in [-0.3, -0.25) is 4.79 Å².